The Balaban J connectivity index is 2.34. The van der Waals surface area contributed by atoms with Gasteiger partial charge >= 0.3 is 0 Å². The molecule has 0 atom stereocenters. The van der Waals surface area contributed by atoms with E-state index in [1.165, 1.54) is 5.56 Å². The third-order valence-corrected chi connectivity index (χ3v) is 1.23. The molecule has 0 saturated carbocycles. The third kappa shape index (κ3) is 1.84. The molecule has 10 heavy (non-hydrogen) atoms. The van der Waals surface area contributed by atoms with Crippen LogP contribution in [-0.2, 0) is 6.42 Å². The lowest BCUT2D eigenvalue weighted by Gasteiger charge is -1.86. The molecule has 0 aromatic carbocycles. The normalized spacial score (nSPS) is 8.80. The predicted octanol–water partition coefficient (Wildman–Crippen LogP) is 1.87. The summed E-state index contributed by atoms with van der Waals surface area (Å²) in [6.45, 7) is 0.536. The molecule has 4 heteroatoms. The van der Waals surface area contributed by atoms with E-state index >= 15 is 0 Å². The van der Waals surface area contributed by atoms with E-state index in [4.69, 9.17) is 5.53 Å². The summed E-state index contributed by atoms with van der Waals surface area (Å²) in [5.41, 5.74) is 9.12. The summed E-state index contributed by atoms with van der Waals surface area (Å²) in [6, 6.07) is 1.97. The summed E-state index contributed by atoms with van der Waals surface area (Å²) in [6.07, 6.45) is 4.56. The number of rotatable bonds is 3. The minimum absolute atomic E-state index is 0.536. The van der Waals surface area contributed by atoms with Gasteiger partial charge in [0.15, 0.2) is 0 Å². The van der Waals surface area contributed by atoms with Crippen LogP contribution in [0.5, 0.6) is 0 Å². The van der Waals surface area contributed by atoms with Crippen LogP contribution in [0, 0.1) is 0 Å². The molecule has 0 aliphatic carbocycles. The molecule has 0 aliphatic rings. The van der Waals surface area contributed by atoms with E-state index in [1.54, 1.807) is 0 Å². The SMILES string of the molecule is [N-]=[N+]=NCCc1cc[nH]c1. The van der Waals surface area contributed by atoms with Gasteiger partial charge in [0.05, 0.1) is 0 Å². The van der Waals surface area contributed by atoms with Crippen molar-refractivity contribution < 1.29 is 0 Å². The lowest BCUT2D eigenvalue weighted by atomic mass is 10.2. The summed E-state index contributed by atoms with van der Waals surface area (Å²) < 4.78 is 0. The quantitative estimate of drug-likeness (QED) is 0.374. The summed E-state index contributed by atoms with van der Waals surface area (Å²) in [7, 11) is 0. The summed E-state index contributed by atoms with van der Waals surface area (Å²) in [5.74, 6) is 0. The zero-order valence-electron chi connectivity index (χ0n) is 5.49. The topological polar surface area (TPSA) is 64.6 Å². The highest BCUT2D eigenvalue weighted by molar-refractivity contribution is 5.08. The van der Waals surface area contributed by atoms with E-state index in [9.17, 15) is 0 Å². The Morgan fingerprint density at radius 2 is 2.60 bits per heavy atom. The lowest BCUT2D eigenvalue weighted by molar-refractivity contribution is 0.958. The van der Waals surface area contributed by atoms with Crippen molar-refractivity contribution >= 4 is 0 Å². The number of hydrogen-bond donors (Lipinski definition) is 1. The molecular weight excluding hydrogens is 128 g/mol. The Kier molecular flexibility index (Phi) is 2.40. The molecule has 1 aromatic heterocycles. The average Bonchev–Trinajstić information content (AvgIpc) is 2.41. The minimum atomic E-state index is 0.536. The van der Waals surface area contributed by atoms with Crippen LogP contribution in [0.4, 0.5) is 0 Å². The number of nitrogens with one attached hydrogen (secondary N) is 1. The molecule has 0 bridgehead atoms. The second-order valence-corrected chi connectivity index (χ2v) is 1.92. The van der Waals surface area contributed by atoms with Crippen molar-refractivity contribution in [2.24, 2.45) is 5.11 Å². The second kappa shape index (κ2) is 3.58. The Hall–Kier alpha value is -1.41. The average molecular weight is 136 g/mol. The van der Waals surface area contributed by atoms with E-state index in [2.05, 4.69) is 15.0 Å². The standard InChI is InChI=1S/C6H8N4/c7-10-9-4-2-6-1-3-8-5-6/h1,3,5,8H,2,4H2. The van der Waals surface area contributed by atoms with E-state index in [1.807, 2.05) is 18.5 Å². The molecule has 0 saturated heterocycles. The van der Waals surface area contributed by atoms with Crippen molar-refractivity contribution in [2.75, 3.05) is 6.54 Å². The number of nitrogens with zero attached hydrogens (tertiary/aromatic N) is 3. The first-order valence-electron chi connectivity index (χ1n) is 3.06. The van der Waals surface area contributed by atoms with Gasteiger partial charge in [0.25, 0.3) is 0 Å². The fourth-order valence-electron chi connectivity index (χ4n) is 0.738. The van der Waals surface area contributed by atoms with Gasteiger partial charge in [-0.05, 0) is 23.6 Å². The van der Waals surface area contributed by atoms with Crippen LogP contribution in [0.25, 0.3) is 10.4 Å². The van der Waals surface area contributed by atoms with Gasteiger partial charge in [-0.2, -0.15) is 0 Å². The summed E-state index contributed by atoms with van der Waals surface area (Å²) in [5, 5.41) is 3.41. The maximum Gasteiger partial charge on any atom is 0.0298 e. The molecule has 1 aromatic rings. The van der Waals surface area contributed by atoms with Gasteiger partial charge in [-0.1, -0.05) is 5.11 Å². The number of azide groups is 1. The van der Waals surface area contributed by atoms with Gasteiger partial charge < -0.3 is 4.98 Å². The highest BCUT2D eigenvalue weighted by atomic mass is 15.1. The lowest BCUT2D eigenvalue weighted by Crippen LogP contribution is -1.83. The molecule has 0 radical (unpaired) electrons. The molecule has 4 nitrogen and oxygen atoms in total. The molecule has 0 spiro atoms. The Morgan fingerprint density at radius 3 is 3.20 bits per heavy atom. The van der Waals surface area contributed by atoms with Gasteiger partial charge in [-0.3, -0.25) is 0 Å². The van der Waals surface area contributed by atoms with Crippen molar-refractivity contribution in [1.82, 2.24) is 4.98 Å². The smallest absolute Gasteiger partial charge is 0.0298 e. The Morgan fingerprint density at radius 1 is 1.70 bits per heavy atom. The highest BCUT2D eigenvalue weighted by Gasteiger charge is 1.88. The van der Waals surface area contributed by atoms with E-state index in [0.29, 0.717) is 6.54 Å². The van der Waals surface area contributed by atoms with Crippen molar-refractivity contribution in [1.29, 1.82) is 0 Å². The van der Waals surface area contributed by atoms with Crippen LogP contribution in [0.2, 0.25) is 0 Å². The van der Waals surface area contributed by atoms with Crippen molar-refractivity contribution in [3.8, 4) is 0 Å². The van der Waals surface area contributed by atoms with E-state index in [0.717, 1.165) is 6.42 Å². The van der Waals surface area contributed by atoms with Crippen molar-refractivity contribution in [2.45, 2.75) is 6.42 Å². The van der Waals surface area contributed by atoms with Crippen LogP contribution < -0.4 is 0 Å². The molecule has 1 N–H and O–H groups in total. The molecular formula is C6H8N4. The predicted molar refractivity (Wildman–Crippen MR) is 38.5 cm³/mol. The molecule has 0 unspecified atom stereocenters. The van der Waals surface area contributed by atoms with Crippen LogP contribution >= 0.6 is 0 Å². The molecule has 0 aliphatic heterocycles. The first kappa shape index (κ1) is 6.71. The van der Waals surface area contributed by atoms with E-state index in [-0.39, 0.29) is 0 Å². The molecule has 0 amide bonds. The van der Waals surface area contributed by atoms with E-state index < -0.39 is 0 Å². The number of hydrogen-bond acceptors (Lipinski definition) is 1. The van der Waals surface area contributed by atoms with Crippen molar-refractivity contribution in [3.63, 3.8) is 0 Å². The van der Waals surface area contributed by atoms with Crippen LogP contribution in [-0.4, -0.2) is 11.5 Å². The van der Waals surface area contributed by atoms with Gasteiger partial charge in [0.2, 0.25) is 0 Å². The Bertz CT molecular complexity index is 220. The second-order valence-electron chi connectivity index (χ2n) is 1.92. The highest BCUT2D eigenvalue weighted by Crippen LogP contribution is 1.96. The van der Waals surface area contributed by atoms with Crippen LogP contribution in [0.3, 0.4) is 0 Å². The van der Waals surface area contributed by atoms with Crippen LogP contribution in [0.1, 0.15) is 5.56 Å². The zero-order chi connectivity index (χ0) is 7.23. The number of aromatic nitrogens is 1. The van der Waals surface area contributed by atoms with Crippen LogP contribution in [0.15, 0.2) is 23.6 Å². The molecule has 52 valence electrons. The molecule has 1 heterocycles. The van der Waals surface area contributed by atoms with Gasteiger partial charge in [-0.15, -0.1) is 0 Å². The summed E-state index contributed by atoms with van der Waals surface area (Å²) >= 11 is 0. The third-order valence-electron chi connectivity index (χ3n) is 1.23. The van der Waals surface area contributed by atoms with Crippen molar-refractivity contribution in [3.05, 3.63) is 34.5 Å². The maximum absolute atomic E-state index is 7.95. The first-order chi connectivity index (χ1) is 4.93. The maximum atomic E-state index is 7.95. The number of H-pyrrole nitrogens is 1. The summed E-state index contributed by atoms with van der Waals surface area (Å²) in [4.78, 5) is 5.57. The largest absolute Gasteiger partial charge is 0.367 e. The monoisotopic (exact) mass is 136 g/mol. The first-order valence-corrected chi connectivity index (χ1v) is 3.06. The van der Waals surface area contributed by atoms with Gasteiger partial charge in [0.1, 0.15) is 0 Å². The Labute approximate surface area is 58.5 Å². The van der Waals surface area contributed by atoms with Gasteiger partial charge in [0, 0.05) is 23.9 Å². The fraction of sp³-hybridized carbons (Fsp3) is 0.333. The number of aromatic amines is 1. The minimum Gasteiger partial charge on any atom is -0.367 e. The van der Waals surface area contributed by atoms with Gasteiger partial charge in [-0.25, -0.2) is 0 Å². The molecule has 0 fully saturated rings. The zero-order valence-corrected chi connectivity index (χ0v) is 5.49. The fourth-order valence-corrected chi connectivity index (χ4v) is 0.738. The molecule has 1 rings (SSSR count).